The molecule has 1 N–H and O–H groups in total. The summed E-state index contributed by atoms with van der Waals surface area (Å²) in [6.45, 7) is 2.66. The van der Waals surface area contributed by atoms with Crippen LogP contribution in [0.4, 0.5) is 5.13 Å². The van der Waals surface area contributed by atoms with E-state index in [1.165, 1.54) is 0 Å². The molecular formula is C7H8N4S2. The van der Waals surface area contributed by atoms with Gasteiger partial charge in [0.2, 0.25) is 5.13 Å². The quantitative estimate of drug-likeness (QED) is 0.844. The largest absolute Gasteiger partial charge is 0.354 e. The highest BCUT2D eigenvalue weighted by Gasteiger charge is 1.99. The molecular weight excluding hydrogens is 204 g/mol. The Morgan fingerprint density at radius 2 is 2.38 bits per heavy atom. The maximum atomic E-state index is 4.15. The zero-order chi connectivity index (χ0) is 9.10. The van der Waals surface area contributed by atoms with Gasteiger partial charge in [-0.05, 0) is 6.92 Å². The Morgan fingerprint density at radius 3 is 3.00 bits per heavy atom. The third-order valence-corrected chi connectivity index (χ3v) is 2.86. The summed E-state index contributed by atoms with van der Waals surface area (Å²) < 4.78 is 0. The van der Waals surface area contributed by atoms with Gasteiger partial charge in [-0.1, -0.05) is 11.3 Å². The van der Waals surface area contributed by atoms with Crippen molar-refractivity contribution in [3.05, 3.63) is 21.6 Å². The Labute approximate surface area is 83.7 Å². The summed E-state index contributed by atoms with van der Waals surface area (Å²) in [4.78, 5) is 4.15. The Bertz CT molecular complexity index is 368. The third kappa shape index (κ3) is 2.22. The summed E-state index contributed by atoms with van der Waals surface area (Å²) in [6, 6.07) is 0. The fourth-order valence-corrected chi connectivity index (χ4v) is 2.00. The summed E-state index contributed by atoms with van der Waals surface area (Å²) in [7, 11) is 0. The van der Waals surface area contributed by atoms with E-state index in [1.54, 1.807) is 22.7 Å². The van der Waals surface area contributed by atoms with E-state index in [1.807, 2.05) is 17.8 Å². The predicted octanol–water partition coefficient (Wildman–Crippen LogP) is 1.92. The van der Waals surface area contributed by atoms with E-state index in [0.29, 0.717) is 0 Å². The number of hydrogen-bond donors (Lipinski definition) is 1. The van der Waals surface area contributed by atoms with Crippen LogP contribution >= 0.6 is 22.7 Å². The lowest BCUT2D eigenvalue weighted by atomic mass is 10.5. The number of nitrogens with one attached hydrogen (secondary N) is 1. The third-order valence-electron chi connectivity index (χ3n) is 1.43. The molecule has 0 saturated carbocycles. The van der Waals surface area contributed by atoms with E-state index >= 15 is 0 Å². The van der Waals surface area contributed by atoms with Crippen LogP contribution in [0.15, 0.2) is 10.9 Å². The molecule has 0 spiro atoms. The maximum Gasteiger partial charge on any atom is 0.205 e. The molecule has 2 rings (SSSR count). The molecule has 0 amide bonds. The Kier molecular flexibility index (Phi) is 2.51. The van der Waals surface area contributed by atoms with Crippen molar-refractivity contribution in [1.29, 1.82) is 0 Å². The topological polar surface area (TPSA) is 50.7 Å². The normalized spacial score (nSPS) is 10.2. The first-order valence-corrected chi connectivity index (χ1v) is 5.51. The van der Waals surface area contributed by atoms with E-state index in [0.717, 1.165) is 22.4 Å². The Balaban J connectivity index is 1.93. The molecule has 0 bridgehead atoms. The average molecular weight is 212 g/mol. The van der Waals surface area contributed by atoms with Crippen LogP contribution in [0.2, 0.25) is 0 Å². The van der Waals surface area contributed by atoms with Gasteiger partial charge in [0.05, 0.1) is 17.7 Å². The fourth-order valence-electron chi connectivity index (χ4n) is 0.859. The number of anilines is 1. The molecule has 6 heteroatoms. The zero-order valence-electron chi connectivity index (χ0n) is 7.02. The molecule has 0 atom stereocenters. The van der Waals surface area contributed by atoms with Gasteiger partial charge in [0.25, 0.3) is 0 Å². The monoisotopic (exact) mass is 212 g/mol. The minimum atomic E-state index is 0.720. The minimum absolute atomic E-state index is 0.720. The Morgan fingerprint density at radius 1 is 1.46 bits per heavy atom. The number of hydrogen-bond acceptors (Lipinski definition) is 6. The first kappa shape index (κ1) is 8.58. The highest BCUT2D eigenvalue weighted by molar-refractivity contribution is 7.15. The second kappa shape index (κ2) is 3.80. The first-order valence-electron chi connectivity index (χ1n) is 3.75. The summed E-state index contributed by atoms with van der Waals surface area (Å²) >= 11 is 3.15. The summed E-state index contributed by atoms with van der Waals surface area (Å²) in [5.74, 6) is 0. The molecule has 0 fully saturated rings. The van der Waals surface area contributed by atoms with Crippen molar-refractivity contribution in [3.63, 3.8) is 0 Å². The van der Waals surface area contributed by atoms with Crippen LogP contribution < -0.4 is 5.32 Å². The van der Waals surface area contributed by atoms with Crippen LogP contribution in [0.25, 0.3) is 0 Å². The SMILES string of the molecule is Cc1nnc(NCc2cscn2)s1. The van der Waals surface area contributed by atoms with Crippen molar-refractivity contribution in [2.45, 2.75) is 13.5 Å². The highest BCUT2D eigenvalue weighted by atomic mass is 32.1. The summed E-state index contributed by atoms with van der Waals surface area (Å²) in [5.41, 5.74) is 2.86. The molecule has 0 unspecified atom stereocenters. The fraction of sp³-hybridized carbons (Fsp3) is 0.286. The lowest BCUT2D eigenvalue weighted by molar-refractivity contribution is 1.01. The molecule has 0 radical (unpaired) electrons. The number of thiazole rings is 1. The van der Waals surface area contributed by atoms with E-state index in [2.05, 4.69) is 20.5 Å². The van der Waals surface area contributed by atoms with Gasteiger partial charge in [-0.25, -0.2) is 4.98 Å². The van der Waals surface area contributed by atoms with Crippen LogP contribution in [0.3, 0.4) is 0 Å². The molecule has 2 aromatic rings. The van der Waals surface area contributed by atoms with Crippen molar-refractivity contribution >= 4 is 27.8 Å². The van der Waals surface area contributed by atoms with E-state index in [-0.39, 0.29) is 0 Å². The summed E-state index contributed by atoms with van der Waals surface area (Å²) in [6.07, 6.45) is 0. The molecule has 2 heterocycles. The predicted molar refractivity (Wildman–Crippen MR) is 54.1 cm³/mol. The average Bonchev–Trinajstić information content (AvgIpc) is 2.71. The number of rotatable bonds is 3. The first-order chi connectivity index (χ1) is 6.34. The van der Waals surface area contributed by atoms with Crippen molar-refractivity contribution < 1.29 is 0 Å². The lowest BCUT2D eigenvalue weighted by Crippen LogP contribution is -1.98. The van der Waals surface area contributed by atoms with Gasteiger partial charge in [0.15, 0.2) is 0 Å². The van der Waals surface area contributed by atoms with Crippen LogP contribution in [0.5, 0.6) is 0 Å². The molecule has 0 aliphatic rings. The van der Waals surface area contributed by atoms with Gasteiger partial charge in [-0.2, -0.15) is 0 Å². The van der Waals surface area contributed by atoms with Gasteiger partial charge in [-0.15, -0.1) is 21.5 Å². The number of nitrogens with zero attached hydrogens (tertiary/aromatic N) is 3. The van der Waals surface area contributed by atoms with Crippen LogP contribution in [0, 0.1) is 6.92 Å². The zero-order valence-corrected chi connectivity index (χ0v) is 8.65. The smallest absolute Gasteiger partial charge is 0.205 e. The number of aromatic nitrogens is 3. The standard InChI is InChI=1S/C7H8N4S2/c1-5-10-11-7(13-5)8-2-6-3-12-4-9-6/h3-4H,2H2,1H3,(H,8,11). The van der Waals surface area contributed by atoms with Crippen LogP contribution in [-0.4, -0.2) is 15.2 Å². The van der Waals surface area contributed by atoms with Crippen LogP contribution in [0.1, 0.15) is 10.7 Å². The lowest BCUT2D eigenvalue weighted by Gasteiger charge is -1.96. The van der Waals surface area contributed by atoms with Crippen molar-refractivity contribution in [2.75, 3.05) is 5.32 Å². The number of aryl methyl sites for hydroxylation is 1. The van der Waals surface area contributed by atoms with Crippen molar-refractivity contribution in [2.24, 2.45) is 0 Å². The summed E-state index contributed by atoms with van der Waals surface area (Å²) in [5, 5.41) is 14.8. The molecule has 4 nitrogen and oxygen atoms in total. The van der Waals surface area contributed by atoms with Crippen molar-refractivity contribution in [3.8, 4) is 0 Å². The van der Waals surface area contributed by atoms with Gasteiger partial charge in [0.1, 0.15) is 5.01 Å². The molecule has 0 aromatic carbocycles. The molecule has 68 valence electrons. The molecule has 0 aliphatic heterocycles. The molecule has 13 heavy (non-hydrogen) atoms. The molecule has 0 aliphatic carbocycles. The minimum Gasteiger partial charge on any atom is -0.354 e. The van der Waals surface area contributed by atoms with E-state index in [4.69, 9.17) is 0 Å². The van der Waals surface area contributed by atoms with Gasteiger partial charge in [-0.3, -0.25) is 0 Å². The second-order valence-electron chi connectivity index (χ2n) is 2.46. The van der Waals surface area contributed by atoms with Crippen LogP contribution in [-0.2, 0) is 6.54 Å². The second-order valence-corrected chi connectivity index (χ2v) is 4.36. The highest BCUT2D eigenvalue weighted by Crippen LogP contribution is 2.14. The van der Waals surface area contributed by atoms with E-state index in [9.17, 15) is 0 Å². The van der Waals surface area contributed by atoms with Gasteiger partial charge in [0, 0.05) is 5.38 Å². The maximum absolute atomic E-state index is 4.15. The molecule has 0 saturated heterocycles. The molecule has 2 aromatic heterocycles. The van der Waals surface area contributed by atoms with E-state index < -0.39 is 0 Å². The van der Waals surface area contributed by atoms with Crippen molar-refractivity contribution in [1.82, 2.24) is 15.2 Å². The van der Waals surface area contributed by atoms with Gasteiger partial charge >= 0.3 is 0 Å². The Hall–Kier alpha value is -1.01. The van der Waals surface area contributed by atoms with Gasteiger partial charge < -0.3 is 5.32 Å².